The Balaban J connectivity index is 1.70. The lowest BCUT2D eigenvalue weighted by molar-refractivity contribution is 0.0947. The Hall–Kier alpha value is -2.22. The number of hydrogen-bond acceptors (Lipinski definition) is 5. The number of ether oxygens (including phenoxy) is 1. The Morgan fingerprint density at radius 2 is 2.07 bits per heavy atom. The van der Waals surface area contributed by atoms with Gasteiger partial charge >= 0.3 is 0 Å². The van der Waals surface area contributed by atoms with E-state index >= 15 is 0 Å². The maximum atomic E-state index is 12.5. The lowest BCUT2D eigenvalue weighted by atomic mass is 10.2. The van der Waals surface area contributed by atoms with Gasteiger partial charge in [0.25, 0.3) is 5.91 Å². The SMILES string of the molecule is CCN(CC)CCCNC(=O)c1csc(-c2cc3ccccc3n2CCOC)n1. The van der Waals surface area contributed by atoms with E-state index < -0.39 is 0 Å². The minimum absolute atomic E-state index is 0.105. The summed E-state index contributed by atoms with van der Waals surface area (Å²) in [4.78, 5) is 19.5. The van der Waals surface area contributed by atoms with Crippen molar-refractivity contribution in [1.29, 1.82) is 0 Å². The molecule has 2 heterocycles. The van der Waals surface area contributed by atoms with Crippen molar-refractivity contribution < 1.29 is 9.53 Å². The van der Waals surface area contributed by atoms with Crippen molar-refractivity contribution in [2.45, 2.75) is 26.8 Å². The van der Waals surface area contributed by atoms with E-state index in [1.165, 1.54) is 11.3 Å². The largest absolute Gasteiger partial charge is 0.383 e. The molecule has 1 amide bonds. The topological polar surface area (TPSA) is 59.4 Å². The number of fused-ring (bicyclic) bond motifs is 1. The van der Waals surface area contributed by atoms with Gasteiger partial charge in [0.05, 0.1) is 12.3 Å². The summed E-state index contributed by atoms with van der Waals surface area (Å²) < 4.78 is 7.49. The van der Waals surface area contributed by atoms with Crippen LogP contribution in [0.5, 0.6) is 0 Å². The van der Waals surface area contributed by atoms with Crippen LogP contribution >= 0.6 is 11.3 Å². The zero-order chi connectivity index (χ0) is 20.6. The number of amides is 1. The second kappa shape index (κ2) is 10.5. The summed E-state index contributed by atoms with van der Waals surface area (Å²) in [5, 5.41) is 6.85. The third-order valence-corrected chi connectivity index (χ3v) is 5.98. The molecule has 0 radical (unpaired) electrons. The fourth-order valence-electron chi connectivity index (χ4n) is 3.44. The number of hydrogen-bond donors (Lipinski definition) is 1. The Labute approximate surface area is 176 Å². The number of thiazole rings is 1. The van der Waals surface area contributed by atoms with Crippen LogP contribution in [0.25, 0.3) is 21.6 Å². The van der Waals surface area contributed by atoms with Crippen LogP contribution in [-0.4, -0.2) is 60.3 Å². The van der Waals surface area contributed by atoms with E-state index in [4.69, 9.17) is 4.74 Å². The van der Waals surface area contributed by atoms with Crippen molar-refractivity contribution in [3.63, 3.8) is 0 Å². The van der Waals surface area contributed by atoms with Gasteiger partial charge in [-0.3, -0.25) is 4.79 Å². The number of para-hydroxylation sites is 1. The molecule has 156 valence electrons. The first-order valence-electron chi connectivity index (χ1n) is 10.2. The normalized spacial score (nSPS) is 11.4. The van der Waals surface area contributed by atoms with Crippen LogP contribution in [0.3, 0.4) is 0 Å². The highest BCUT2D eigenvalue weighted by atomic mass is 32.1. The number of methoxy groups -OCH3 is 1. The fourth-order valence-corrected chi connectivity index (χ4v) is 4.27. The molecule has 3 aromatic rings. The first-order valence-corrected chi connectivity index (χ1v) is 11.1. The summed E-state index contributed by atoms with van der Waals surface area (Å²) in [7, 11) is 1.71. The van der Waals surface area contributed by atoms with Crippen LogP contribution in [0.4, 0.5) is 0 Å². The summed E-state index contributed by atoms with van der Waals surface area (Å²) in [6.07, 6.45) is 0.940. The van der Waals surface area contributed by atoms with Gasteiger partial charge in [-0.2, -0.15) is 0 Å². The number of benzene rings is 1. The first kappa shape index (κ1) is 21.5. The molecule has 0 spiro atoms. The molecular weight excluding hydrogens is 384 g/mol. The Bertz CT molecular complexity index is 930. The molecule has 1 N–H and O–H groups in total. The van der Waals surface area contributed by atoms with Crippen molar-refractivity contribution in [3.8, 4) is 10.7 Å². The number of carbonyl (C=O) groups is 1. The van der Waals surface area contributed by atoms with E-state index in [0.29, 0.717) is 18.8 Å². The minimum Gasteiger partial charge on any atom is -0.383 e. The van der Waals surface area contributed by atoms with Crippen LogP contribution in [0.15, 0.2) is 35.7 Å². The second-order valence-electron chi connectivity index (χ2n) is 6.91. The zero-order valence-corrected chi connectivity index (χ0v) is 18.3. The third-order valence-electron chi connectivity index (χ3n) is 5.12. The highest BCUT2D eigenvalue weighted by Crippen LogP contribution is 2.30. The fraction of sp³-hybridized carbons (Fsp3) is 0.455. The van der Waals surface area contributed by atoms with Crippen LogP contribution in [0.2, 0.25) is 0 Å². The van der Waals surface area contributed by atoms with Crippen molar-refractivity contribution in [2.75, 3.05) is 39.9 Å². The lowest BCUT2D eigenvalue weighted by Crippen LogP contribution is -2.30. The van der Waals surface area contributed by atoms with E-state index in [-0.39, 0.29) is 5.91 Å². The summed E-state index contributed by atoms with van der Waals surface area (Å²) >= 11 is 1.50. The average Bonchev–Trinajstić information content (AvgIpc) is 3.37. The molecule has 0 bridgehead atoms. The smallest absolute Gasteiger partial charge is 0.270 e. The van der Waals surface area contributed by atoms with Crippen LogP contribution in [0, 0.1) is 0 Å². The highest BCUT2D eigenvalue weighted by molar-refractivity contribution is 7.13. The van der Waals surface area contributed by atoms with Crippen LogP contribution in [-0.2, 0) is 11.3 Å². The molecule has 6 nitrogen and oxygen atoms in total. The number of nitrogens with one attached hydrogen (secondary N) is 1. The van der Waals surface area contributed by atoms with Gasteiger partial charge in [-0.15, -0.1) is 11.3 Å². The van der Waals surface area contributed by atoms with Crippen molar-refractivity contribution in [3.05, 3.63) is 41.4 Å². The third kappa shape index (κ3) is 5.23. The molecule has 29 heavy (non-hydrogen) atoms. The maximum absolute atomic E-state index is 12.5. The molecule has 0 aliphatic heterocycles. The predicted octanol–water partition coefficient (Wildman–Crippen LogP) is 3.87. The monoisotopic (exact) mass is 414 g/mol. The Morgan fingerprint density at radius 3 is 2.83 bits per heavy atom. The van der Waals surface area contributed by atoms with Crippen LogP contribution in [0.1, 0.15) is 30.8 Å². The van der Waals surface area contributed by atoms with E-state index in [9.17, 15) is 4.79 Å². The summed E-state index contributed by atoms with van der Waals surface area (Å²) in [6.45, 7) is 9.41. The number of aromatic nitrogens is 2. The molecule has 3 rings (SSSR count). The molecule has 0 aliphatic carbocycles. The molecule has 0 unspecified atom stereocenters. The molecule has 2 aromatic heterocycles. The maximum Gasteiger partial charge on any atom is 0.270 e. The molecule has 0 fully saturated rings. The minimum atomic E-state index is -0.105. The molecular formula is C22H30N4O2S. The van der Waals surface area contributed by atoms with Gasteiger partial charge in [0.1, 0.15) is 10.7 Å². The average molecular weight is 415 g/mol. The van der Waals surface area contributed by atoms with Crippen molar-refractivity contribution in [2.24, 2.45) is 0 Å². The molecule has 1 aromatic carbocycles. The molecule has 0 atom stereocenters. The van der Waals surface area contributed by atoms with Gasteiger partial charge in [-0.25, -0.2) is 4.98 Å². The Kier molecular flexibility index (Phi) is 7.80. The van der Waals surface area contributed by atoms with Gasteiger partial charge in [-0.1, -0.05) is 32.0 Å². The highest BCUT2D eigenvalue weighted by Gasteiger charge is 2.16. The van der Waals surface area contributed by atoms with E-state index in [1.54, 1.807) is 7.11 Å². The van der Waals surface area contributed by atoms with Gasteiger partial charge in [0.15, 0.2) is 0 Å². The summed E-state index contributed by atoms with van der Waals surface area (Å²) in [5.74, 6) is -0.105. The van der Waals surface area contributed by atoms with E-state index in [0.717, 1.165) is 54.2 Å². The van der Waals surface area contributed by atoms with Gasteiger partial charge in [0.2, 0.25) is 0 Å². The predicted molar refractivity (Wildman–Crippen MR) is 120 cm³/mol. The van der Waals surface area contributed by atoms with Gasteiger partial charge in [0, 0.05) is 36.5 Å². The molecule has 0 saturated carbocycles. The standard InChI is InChI=1S/C22H30N4O2S/c1-4-25(5-2)12-8-11-23-21(27)18-16-29-22(24-18)20-15-17-9-6-7-10-19(17)26(20)13-14-28-3/h6-7,9-10,15-16H,4-5,8,11-14H2,1-3H3,(H,23,27). The quantitative estimate of drug-likeness (QED) is 0.484. The van der Waals surface area contributed by atoms with Gasteiger partial charge in [-0.05, 0) is 38.2 Å². The Morgan fingerprint density at radius 1 is 1.28 bits per heavy atom. The molecule has 0 saturated heterocycles. The van der Waals surface area contributed by atoms with E-state index in [1.807, 2.05) is 17.5 Å². The van der Waals surface area contributed by atoms with Crippen LogP contribution < -0.4 is 5.32 Å². The molecule has 7 heteroatoms. The van der Waals surface area contributed by atoms with Crippen molar-refractivity contribution >= 4 is 28.1 Å². The summed E-state index contributed by atoms with van der Waals surface area (Å²) in [5.41, 5.74) is 2.65. The number of rotatable bonds is 11. The zero-order valence-electron chi connectivity index (χ0n) is 17.5. The number of carbonyl (C=O) groups excluding carboxylic acids is 1. The summed E-state index contributed by atoms with van der Waals surface area (Å²) in [6, 6.07) is 10.4. The van der Waals surface area contributed by atoms with Gasteiger partial charge < -0.3 is 19.5 Å². The second-order valence-corrected chi connectivity index (χ2v) is 7.77. The lowest BCUT2D eigenvalue weighted by Gasteiger charge is -2.17. The van der Waals surface area contributed by atoms with E-state index in [2.05, 4.69) is 51.8 Å². The number of nitrogens with zero attached hydrogens (tertiary/aromatic N) is 3. The van der Waals surface area contributed by atoms with Crippen molar-refractivity contribution in [1.82, 2.24) is 19.8 Å². The molecule has 0 aliphatic rings. The first-order chi connectivity index (χ1) is 14.2.